The predicted octanol–water partition coefficient (Wildman–Crippen LogP) is 6.44. The van der Waals surface area contributed by atoms with Gasteiger partial charge in [0.15, 0.2) is 11.0 Å². The number of amides is 2. The van der Waals surface area contributed by atoms with Crippen LogP contribution in [0.1, 0.15) is 36.1 Å². The van der Waals surface area contributed by atoms with E-state index in [-0.39, 0.29) is 17.9 Å². The average molecular weight is 576 g/mol. The Hall–Kier alpha value is -4.69. The highest BCUT2D eigenvalue weighted by Gasteiger charge is 2.23. The normalized spacial score (nSPS) is 11.7. The average Bonchev–Trinajstić information content (AvgIpc) is 3.39. The Bertz CT molecular complexity index is 1570. The quantitative estimate of drug-likeness (QED) is 0.177. The Morgan fingerprint density at radius 1 is 0.786 bits per heavy atom. The molecule has 5 rings (SSSR count). The fraction of sp³-hybridized carbons (Fsp3) is 0.176. The van der Waals surface area contributed by atoms with Gasteiger partial charge >= 0.3 is 0 Å². The Labute approximate surface area is 250 Å². The van der Waals surface area contributed by atoms with Gasteiger partial charge in [0.05, 0.1) is 11.3 Å². The van der Waals surface area contributed by atoms with Crippen molar-refractivity contribution in [1.82, 2.24) is 20.1 Å². The van der Waals surface area contributed by atoms with E-state index in [2.05, 4.69) is 20.8 Å². The number of thioether (sulfide) groups is 1. The molecule has 0 radical (unpaired) electrons. The minimum absolute atomic E-state index is 0.0296. The van der Waals surface area contributed by atoms with E-state index >= 15 is 0 Å². The second kappa shape index (κ2) is 13.8. The first-order chi connectivity index (χ1) is 20.5. The third-order valence-electron chi connectivity index (χ3n) is 6.95. The molecular formula is C34H33N5O2S. The molecule has 0 aliphatic carbocycles. The molecule has 0 saturated heterocycles. The molecule has 0 saturated carbocycles. The molecule has 0 aliphatic heterocycles. The molecular weight excluding hydrogens is 542 g/mol. The van der Waals surface area contributed by atoms with E-state index in [1.165, 1.54) is 11.8 Å². The van der Waals surface area contributed by atoms with Crippen molar-refractivity contribution in [2.24, 2.45) is 7.05 Å². The van der Waals surface area contributed by atoms with Crippen molar-refractivity contribution in [1.29, 1.82) is 0 Å². The minimum atomic E-state index is -0.399. The standard InChI is InChI=1S/C34H33N5O2S/c1-24(33(41)36-31(26-14-8-4-9-15-26)27-16-10-5-11-17-27)42-34-38-37-32(39(34)2)28-19-21-29(22-20-28)35-30(40)23-18-25-12-6-3-7-13-25/h3-17,19-22,24,31H,18,23H2,1-2H3,(H,35,40)(H,36,41). The lowest BCUT2D eigenvalue weighted by Crippen LogP contribution is -2.35. The summed E-state index contributed by atoms with van der Waals surface area (Å²) in [5.41, 5.74) is 4.77. The van der Waals surface area contributed by atoms with Gasteiger partial charge in [0.2, 0.25) is 11.8 Å². The number of carbonyl (C=O) groups is 2. The zero-order chi connectivity index (χ0) is 29.3. The number of carbonyl (C=O) groups excluding carboxylic acids is 2. The minimum Gasteiger partial charge on any atom is -0.344 e. The fourth-order valence-corrected chi connectivity index (χ4v) is 5.44. The second-order valence-corrected chi connectivity index (χ2v) is 11.3. The summed E-state index contributed by atoms with van der Waals surface area (Å²) in [6.45, 7) is 1.87. The largest absolute Gasteiger partial charge is 0.344 e. The summed E-state index contributed by atoms with van der Waals surface area (Å²) in [5.74, 6) is 0.561. The highest BCUT2D eigenvalue weighted by molar-refractivity contribution is 8.00. The van der Waals surface area contributed by atoms with Gasteiger partial charge in [-0.1, -0.05) is 103 Å². The van der Waals surface area contributed by atoms with Gasteiger partial charge in [-0.3, -0.25) is 9.59 Å². The Morgan fingerprint density at radius 3 is 1.95 bits per heavy atom. The number of aromatic nitrogens is 3. The summed E-state index contributed by atoms with van der Waals surface area (Å²) in [5, 5.41) is 15.2. The van der Waals surface area contributed by atoms with Gasteiger partial charge in [0.25, 0.3) is 0 Å². The molecule has 212 valence electrons. The van der Waals surface area contributed by atoms with Crippen molar-refractivity contribution in [3.63, 3.8) is 0 Å². The van der Waals surface area contributed by atoms with Crippen LogP contribution in [-0.2, 0) is 23.1 Å². The topological polar surface area (TPSA) is 88.9 Å². The lowest BCUT2D eigenvalue weighted by atomic mass is 9.98. The summed E-state index contributed by atoms with van der Waals surface area (Å²) in [6.07, 6.45) is 1.11. The smallest absolute Gasteiger partial charge is 0.234 e. The highest BCUT2D eigenvalue weighted by Crippen LogP contribution is 2.28. The molecule has 0 aliphatic rings. The van der Waals surface area contributed by atoms with Crippen LogP contribution in [0.2, 0.25) is 0 Å². The van der Waals surface area contributed by atoms with E-state index in [0.29, 0.717) is 23.8 Å². The second-order valence-electron chi connectivity index (χ2n) is 10.00. The maximum Gasteiger partial charge on any atom is 0.234 e. The van der Waals surface area contributed by atoms with Crippen LogP contribution in [0.15, 0.2) is 120 Å². The van der Waals surface area contributed by atoms with E-state index in [9.17, 15) is 9.59 Å². The van der Waals surface area contributed by atoms with Gasteiger partial charge in [0, 0.05) is 24.7 Å². The van der Waals surface area contributed by atoms with Crippen LogP contribution in [0.5, 0.6) is 0 Å². The number of nitrogens with zero attached hydrogens (tertiary/aromatic N) is 3. The third kappa shape index (κ3) is 7.33. The van der Waals surface area contributed by atoms with Crippen LogP contribution in [0, 0.1) is 0 Å². The van der Waals surface area contributed by atoms with Crippen LogP contribution in [0.4, 0.5) is 5.69 Å². The lowest BCUT2D eigenvalue weighted by Gasteiger charge is -2.22. The van der Waals surface area contributed by atoms with Crippen LogP contribution >= 0.6 is 11.8 Å². The molecule has 42 heavy (non-hydrogen) atoms. The molecule has 1 heterocycles. The van der Waals surface area contributed by atoms with Crippen molar-refractivity contribution in [3.05, 3.63) is 132 Å². The number of benzene rings is 4. The monoisotopic (exact) mass is 575 g/mol. The molecule has 8 heteroatoms. The summed E-state index contributed by atoms with van der Waals surface area (Å²) >= 11 is 1.36. The van der Waals surface area contributed by atoms with Crippen LogP contribution < -0.4 is 10.6 Å². The maximum atomic E-state index is 13.3. The first kappa shape index (κ1) is 28.8. The Kier molecular flexibility index (Phi) is 9.46. The molecule has 0 spiro atoms. The van der Waals surface area contributed by atoms with Crippen molar-refractivity contribution >= 4 is 29.3 Å². The number of rotatable bonds is 11. The molecule has 1 unspecified atom stereocenters. The van der Waals surface area contributed by atoms with E-state index in [4.69, 9.17) is 0 Å². The van der Waals surface area contributed by atoms with Gasteiger partial charge in [-0.15, -0.1) is 10.2 Å². The summed E-state index contributed by atoms with van der Waals surface area (Å²) in [4.78, 5) is 25.7. The van der Waals surface area contributed by atoms with Crippen LogP contribution in [0.25, 0.3) is 11.4 Å². The summed E-state index contributed by atoms with van der Waals surface area (Å²) in [7, 11) is 1.89. The maximum absolute atomic E-state index is 13.3. The number of anilines is 1. The van der Waals surface area contributed by atoms with Gasteiger partial charge in [-0.25, -0.2) is 0 Å². The third-order valence-corrected chi connectivity index (χ3v) is 8.08. The van der Waals surface area contributed by atoms with E-state index in [0.717, 1.165) is 27.9 Å². The van der Waals surface area contributed by atoms with Crippen molar-refractivity contribution < 1.29 is 9.59 Å². The molecule has 4 aromatic carbocycles. The van der Waals surface area contributed by atoms with Crippen molar-refractivity contribution in [2.45, 2.75) is 36.2 Å². The highest BCUT2D eigenvalue weighted by atomic mass is 32.2. The number of hydrogen-bond donors (Lipinski definition) is 2. The van der Waals surface area contributed by atoms with Gasteiger partial charge in [0.1, 0.15) is 0 Å². The van der Waals surface area contributed by atoms with Gasteiger partial charge in [-0.2, -0.15) is 0 Å². The molecule has 5 aromatic rings. The summed E-state index contributed by atoms with van der Waals surface area (Å²) in [6, 6.07) is 37.2. The molecule has 2 N–H and O–H groups in total. The predicted molar refractivity (Wildman–Crippen MR) is 168 cm³/mol. The molecule has 2 amide bonds. The summed E-state index contributed by atoms with van der Waals surface area (Å²) < 4.78 is 1.88. The lowest BCUT2D eigenvalue weighted by molar-refractivity contribution is -0.120. The molecule has 0 bridgehead atoms. The molecule has 1 atom stereocenters. The van der Waals surface area contributed by atoms with Crippen LogP contribution in [0.3, 0.4) is 0 Å². The fourth-order valence-electron chi connectivity index (χ4n) is 4.62. The van der Waals surface area contributed by atoms with E-state index in [1.54, 1.807) is 0 Å². The molecule has 7 nitrogen and oxygen atoms in total. The SMILES string of the molecule is CC(Sc1nnc(-c2ccc(NC(=O)CCc3ccccc3)cc2)n1C)C(=O)NC(c1ccccc1)c1ccccc1. The molecule has 1 aromatic heterocycles. The molecule has 0 fully saturated rings. The number of nitrogens with one attached hydrogen (secondary N) is 2. The first-order valence-electron chi connectivity index (χ1n) is 13.9. The van der Waals surface area contributed by atoms with E-state index in [1.807, 2.05) is 134 Å². The first-order valence-corrected chi connectivity index (χ1v) is 14.8. The number of hydrogen-bond acceptors (Lipinski definition) is 5. The Balaban J connectivity index is 1.20. The van der Waals surface area contributed by atoms with Gasteiger partial charge in [-0.05, 0) is 54.3 Å². The van der Waals surface area contributed by atoms with Gasteiger partial charge < -0.3 is 15.2 Å². The van der Waals surface area contributed by atoms with Crippen molar-refractivity contribution in [3.8, 4) is 11.4 Å². The van der Waals surface area contributed by atoms with Crippen LogP contribution in [-0.4, -0.2) is 31.8 Å². The zero-order valence-electron chi connectivity index (χ0n) is 23.6. The van der Waals surface area contributed by atoms with E-state index < -0.39 is 5.25 Å². The zero-order valence-corrected chi connectivity index (χ0v) is 24.4. The number of aryl methyl sites for hydroxylation is 1. The Morgan fingerprint density at radius 2 is 1.36 bits per heavy atom. The van der Waals surface area contributed by atoms with Crippen molar-refractivity contribution in [2.75, 3.05) is 5.32 Å².